The topological polar surface area (TPSA) is 30.0 Å². The van der Waals surface area contributed by atoms with E-state index in [9.17, 15) is 4.57 Å². The van der Waals surface area contributed by atoms with Crippen molar-refractivity contribution in [1.82, 2.24) is 4.98 Å². The highest BCUT2D eigenvalue weighted by Gasteiger charge is 2.35. The molecule has 20 heavy (non-hydrogen) atoms. The van der Waals surface area contributed by atoms with Crippen molar-refractivity contribution < 1.29 is 4.57 Å². The third kappa shape index (κ3) is 3.08. The number of hydrogen-bond acceptors (Lipinski definition) is 2. The number of rotatable bonds is 3. The highest BCUT2D eigenvalue weighted by molar-refractivity contribution is 7.76. The molecule has 0 spiro atoms. The van der Waals surface area contributed by atoms with E-state index in [1.54, 1.807) is 12.4 Å². The van der Waals surface area contributed by atoms with E-state index in [-0.39, 0.29) is 5.16 Å². The Balaban J connectivity index is 2.45. The zero-order valence-corrected chi connectivity index (χ0v) is 13.0. The van der Waals surface area contributed by atoms with Gasteiger partial charge in [0.05, 0.1) is 0 Å². The van der Waals surface area contributed by atoms with Gasteiger partial charge >= 0.3 is 0 Å². The lowest BCUT2D eigenvalue weighted by molar-refractivity contribution is 0.563. The van der Waals surface area contributed by atoms with Crippen LogP contribution < -0.4 is 5.30 Å². The SMILES string of the molecule is CC(C)(C)[P@](=O)(/C=C/c1ccncc1)c1ccccc1. The molecule has 1 aromatic carbocycles. The Kier molecular flexibility index (Phi) is 4.25. The molecule has 0 aliphatic heterocycles. The highest BCUT2D eigenvalue weighted by Crippen LogP contribution is 2.58. The highest BCUT2D eigenvalue weighted by atomic mass is 31.2. The molecular formula is C17H20NOP. The summed E-state index contributed by atoms with van der Waals surface area (Å²) in [7, 11) is -2.62. The van der Waals surface area contributed by atoms with Crippen molar-refractivity contribution in [3.05, 3.63) is 66.2 Å². The van der Waals surface area contributed by atoms with Crippen LogP contribution in [0.5, 0.6) is 0 Å². The van der Waals surface area contributed by atoms with Crippen molar-refractivity contribution in [3.63, 3.8) is 0 Å². The molecule has 3 heteroatoms. The molecule has 0 fully saturated rings. The van der Waals surface area contributed by atoms with E-state index in [1.807, 2.05) is 75.1 Å². The van der Waals surface area contributed by atoms with Crippen molar-refractivity contribution in [3.8, 4) is 0 Å². The molecule has 0 aliphatic carbocycles. The van der Waals surface area contributed by atoms with E-state index in [0.717, 1.165) is 10.9 Å². The Bertz CT molecular complexity index is 627. The largest absolute Gasteiger partial charge is 0.314 e. The maximum absolute atomic E-state index is 13.5. The zero-order chi connectivity index (χ0) is 14.6. The van der Waals surface area contributed by atoms with Crippen LogP contribution in [-0.4, -0.2) is 10.1 Å². The summed E-state index contributed by atoms with van der Waals surface area (Å²) in [5.74, 6) is 1.87. The van der Waals surface area contributed by atoms with E-state index in [0.29, 0.717) is 0 Å². The number of hydrogen-bond donors (Lipinski definition) is 0. The Labute approximate surface area is 120 Å². The molecule has 2 aromatic rings. The van der Waals surface area contributed by atoms with Crippen LogP contribution in [0.3, 0.4) is 0 Å². The van der Waals surface area contributed by atoms with Gasteiger partial charge in [-0.3, -0.25) is 4.98 Å². The molecular weight excluding hydrogens is 265 g/mol. The normalized spacial score (nSPS) is 15.2. The number of pyridine rings is 1. The lowest BCUT2D eigenvalue weighted by Crippen LogP contribution is -2.21. The fourth-order valence-electron chi connectivity index (χ4n) is 2.01. The maximum atomic E-state index is 13.5. The van der Waals surface area contributed by atoms with Crippen LogP contribution in [0, 0.1) is 0 Å². The summed E-state index contributed by atoms with van der Waals surface area (Å²) >= 11 is 0. The van der Waals surface area contributed by atoms with Crippen LogP contribution in [0.1, 0.15) is 26.3 Å². The Morgan fingerprint density at radius 2 is 1.60 bits per heavy atom. The number of benzene rings is 1. The molecule has 0 unspecified atom stereocenters. The summed E-state index contributed by atoms with van der Waals surface area (Å²) in [6.45, 7) is 6.08. The third-order valence-electron chi connectivity index (χ3n) is 3.32. The quantitative estimate of drug-likeness (QED) is 0.775. The molecule has 0 N–H and O–H groups in total. The fraction of sp³-hybridized carbons (Fsp3) is 0.235. The van der Waals surface area contributed by atoms with Crippen molar-refractivity contribution >= 4 is 18.5 Å². The maximum Gasteiger partial charge on any atom is 0.141 e. The first-order valence-corrected chi connectivity index (χ1v) is 8.46. The molecule has 104 valence electrons. The van der Waals surface area contributed by atoms with Gasteiger partial charge < -0.3 is 4.57 Å². The summed E-state index contributed by atoms with van der Waals surface area (Å²) in [5, 5.41) is 0.593. The molecule has 2 rings (SSSR count). The van der Waals surface area contributed by atoms with Gasteiger partial charge in [0.15, 0.2) is 0 Å². The molecule has 0 radical (unpaired) electrons. The predicted octanol–water partition coefficient (Wildman–Crippen LogP) is 4.54. The number of aromatic nitrogens is 1. The first-order chi connectivity index (χ1) is 9.43. The first kappa shape index (κ1) is 14.7. The minimum atomic E-state index is -2.62. The Morgan fingerprint density at radius 3 is 2.15 bits per heavy atom. The summed E-state index contributed by atoms with van der Waals surface area (Å²) in [6.07, 6.45) is 5.41. The second-order valence-electron chi connectivity index (χ2n) is 5.76. The fourth-order valence-corrected chi connectivity index (χ4v) is 4.40. The second kappa shape index (κ2) is 5.76. The summed E-state index contributed by atoms with van der Waals surface area (Å²) in [5.41, 5.74) is 1.01. The average molecular weight is 285 g/mol. The third-order valence-corrected chi connectivity index (χ3v) is 6.95. The molecule has 1 heterocycles. The first-order valence-electron chi connectivity index (χ1n) is 6.68. The smallest absolute Gasteiger partial charge is 0.141 e. The number of nitrogens with zero attached hydrogens (tertiary/aromatic N) is 1. The van der Waals surface area contributed by atoms with E-state index < -0.39 is 7.14 Å². The zero-order valence-electron chi connectivity index (χ0n) is 12.2. The molecule has 0 saturated carbocycles. The van der Waals surface area contributed by atoms with Gasteiger partial charge in [-0.2, -0.15) is 0 Å². The molecule has 0 saturated heterocycles. The van der Waals surface area contributed by atoms with Gasteiger partial charge in [0, 0.05) is 22.9 Å². The van der Waals surface area contributed by atoms with Gasteiger partial charge in [-0.15, -0.1) is 0 Å². The molecule has 1 atom stereocenters. The predicted molar refractivity (Wildman–Crippen MR) is 86.7 cm³/mol. The van der Waals surface area contributed by atoms with Crippen LogP contribution in [0.15, 0.2) is 60.7 Å². The van der Waals surface area contributed by atoms with Crippen LogP contribution in [0.4, 0.5) is 0 Å². The van der Waals surface area contributed by atoms with Crippen LogP contribution in [0.2, 0.25) is 0 Å². The van der Waals surface area contributed by atoms with Gasteiger partial charge in [0.2, 0.25) is 0 Å². The van der Waals surface area contributed by atoms with Crippen LogP contribution in [0.25, 0.3) is 6.08 Å². The van der Waals surface area contributed by atoms with E-state index in [4.69, 9.17) is 0 Å². The lowest BCUT2D eigenvalue weighted by atomic mass is 10.2. The van der Waals surface area contributed by atoms with Gasteiger partial charge in [0.1, 0.15) is 7.14 Å². The van der Waals surface area contributed by atoms with Crippen molar-refractivity contribution in [2.75, 3.05) is 0 Å². The van der Waals surface area contributed by atoms with Crippen molar-refractivity contribution in [2.24, 2.45) is 0 Å². The summed E-state index contributed by atoms with van der Waals surface area (Å²) in [6, 6.07) is 13.5. The van der Waals surface area contributed by atoms with Gasteiger partial charge in [0.25, 0.3) is 0 Å². The van der Waals surface area contributed by atoms with E-state index in [1.165, 1.54) is 0 Å². The molecule has 1 aromatic heterocycles. The Hall–Kier alpha value is -1.66. The van der Waals surface area contributed by atoms with Crippen molar-refractivity contribution in [2.45, 2.75) is 25.9 Å². The monoisotopic (exact) mass is 285 g/mol. The van der Waals surface area contributed by atoms with Crippen LogP contribution in [-0.2, 0) is 4.57 Å². The molecule has 0 amide bonds. The molecule has 0 aliphatic rings. The minimum Gasteiger partial charge on any atom is -0.314 e. The minimum absolute atomic E-state index is 0.308. The van der Waals surface area contributed by atoms with Gasteiger partial charge in [-0.1, -0.05) is 57.2 Å². The van der Waals surface area contributed by atoms with Crippen LogP contribution >= 0.6 is 7.14 Å². The Morgan fingerprint density at radius 1 is 1.00 bits per heavy atom. The standard InChI is InChI=1S/C17H20NOP/c1-17(2,3)20(19,16-7-5-4-6-8-16)14-11-15-9-12-18-13-10-15/h4-14H,1-3H3/b14-11+/t20-/m0/s1. The average Bonchev–Trinajstić information content (AvgIpc) is 2.45. The van der Waals surface area contributed by atoms with Gasteiger partial charge in [-0.05, 0) is 23.5 Å². The molecule has 2 nitrogen and oxygen atoms in total. The molecule has 0 bridgehead atoms. The van der Waals surface area contributed by atoms with E-state index in [2.05, 4.69) is 4.98 Å². The summed E-state index contributed by atoms with van der Waals surface area (Å²) in [4.78, 5) is 3.99. The van der Waals surface area contributed by atoms with Gasteiger partial charge in [-0.25, -0.2) is 0 Å². The lowest BCUT2D eigenvalue weighted by Gasteiger charge is -2.29. The van der Waals surface area contributed by atoms with Crippen molar-refractivity contribution in [1.29, 1.82) is 0 Å². The second-order valence-corrected chi connectivity index (χ2v) is 9.23. The van der Waals surface area contributed by atoms with E-state index >= 15 is 0 Å². The summed E-state index contributed by atoms with van der Waals surface area (Å²) < 4.78 is 13.5.